The van der Waals surface area contributed by atoms with Gasteiger partial charge in [-0.15, -0.1) is 0 Å². The molecule has 0 bridgehead atoms. The third kappa shape index (κ3) is 4.69. The van der Waals surface area contributed by atoms with Gasteiger partial charge in [-0.3, -0.25) is 0 Å². The molecule has 18 heavy (non-hydrogen) atoms. The molecule has 1 rings (SSSR count). The van der Waals surface area contributed by atoms with Crippen molar-refractivity contribution in [3.05, 3.63) is 29.3 Å². The van der Waals surface area contributed by atoms with Crippen molar-refractivity contribution in [2.24, 2.45) is 5.92 Å². The minimum absolute atomic E-state index is 0.482. The second kappa shape index (κ2) is 7.42. The van der Waals surface area contributed by atoms with Crippen molar-refractivity contribution >= 4 is 0 Å². The molecule has 0 fully saturated rings. The average molecular weight is 250 g/mol. The Morgan fingerprint density at radius 1 is 1.11 bits per heavy atom. The standard InChI is InChI=1S/C16H26O2/c1-12(2)8-9-18-11-14-6-7-15(13(3)4)16(10-14)17-5/h6-7,10,12-13H,8-9,11H2,1-5H3. The first kappa shape index (κ1) is 15.0. The van der Waals surface area contributed by atoms with Crippen LogP contribution in [0, 0.1) is 5.92 Å². The van der Waals surface area contributed by atoms with Crippen LogP contribution in [0.15, 0.2) is 18.2 Å². The van der Waals surface area contributed by atoms with E-state index in [-0.39, 0.29) is 0 Å². The van der Waals surface area contributed by atoms with E-state index in [1.807, 2.05) is 0 Å². The Kier molecular flexibility index (Phi) is 6.20. The van der Waals surface area contributed by atoms with Gasteiger partial charge in [0.15, 0.2) is 0 Å². The van der Waals surface area contributed by atoms with Gasteiger partial charge in [0.1, 0.15) is 5.75 Å². The van der Waals surface area contributed by atoms with Gasteiger partial charge in [0.25, 0.3) is 0 Å². The zero-order valence-electron chi connectivity index (χ0n) is 12.3. The third-order valence-electron chi connectivity index (χ3n) is 3.03. The van der Waals surface area contributed by atoms with Crippen LogP contribution in [0.2, 0.25) is 0 Å². The zero-order valence-corrected chi connectivity index (χ0v) is 12.3. The molecule has 0 aromatic heterocycles. The summed E-state index contributed by atoms with van der Waals surface area (Å²) >= 11 is 0. The van der Waals surface area contributed by atoms with Crippen LogP contribution < -0.4 is 4.74 Å². The molecule has 0 spiro atoms. The summed E-state index contributed by atoms with van der Waals surface area (Å²) in [6.07, 6.45) is 1.11. The van der Waals surface area contributed by atoms with Gasteiger partial charge in [0.05, 0.1) is 13.7 Å². The van der Waals surface area contributed by atoms with Crippen molar-refractivity contribution in [2.45, 2.75) is 46.6 Å². The van der Waals surface area contributed by atoms with E-state index < -0.39 is 0 Å². The van der Waals surface area contributed by atoms with E-state index in [0.29, 0.717) is 18.4 Å². The van der Waals surface area contributed by atoms with Gasteiger partial charge >= 0.3 is 0 Å². The second-order valence-electron chi connectivity index (χ2n) is 5.47. The number of hydrogen-bond donors (Lipinski definition) is 0. The Hall–Kier alpha value is -1.02. The molecular formula is C16H26O2. The molecule has 0 aliphatic rings. The fourth-order valence-corrected chi connectivity index (χ4v) is 1.83. The van der Waals surface area contributed by atoms with Gasteiger partial charge in [-0.25, -0.2) is 0 Å². The van der Waals surface area contributed by atoms with E-state index in [0.717, 1.165) is 18.8 Å². The van der Waals surface area contributed by atoms with E-state index in [2.05, 4.69) is 45.9 Å². The molecule has 2 heteroatoms. The van der Waals surface area contributed by atoms with E-state index in [9.17, 15) is 0 Å². The molecule has 0 aliphatic carbocycles. The van der Waals surface area contributed by atoms with E-state index in [4.69, 9.17) is 9.47 Å². The molecule has 0 unspecified atom stereocenters. The van der Waals surface area contributed by atoms with Gasteiger partial charge < -0.3 is 9.47 Å². The second-order valence-corrected chi connectivity index (χ2v) is 5.47. The lowest BCUT2D eigenvalue weighted by Gasteiger charge is -2.13. The summed E-state index contributed by atoms with van der Waals surface area (Å²) in [4.78, 5) is 0. The Morgan fingerprint density at radius 2 is 1.83 bits per heavy atom. The summed E-state index contributed by atoms with van der Waals surface area (Å²) in [5.41, 5.74) is 2.43. The molecule has 102 valence electrons. The summed E-state index contributed by atoms with van der Waals surface area (Å²) in [5, 5.41) is 0. The van der Waals surface area contributed by atoms with Gasteiger partial charge in [-0.2, -0.15) is 0 Å². The van der Waals surface area contributed by atoms with Crippen molar-refractivity contribution < 1.29 is 9.47 Å². The van der Waals surface area contributed by atoms with Crippen LogP contribution in [-0.2, 0) is 11.3 Å². The van der Waals surface area contributed by atoms with Crippen molar-refractivity contribution in [3.8, 4) is 5.75 Å². The zero-order chi connectivity index (χ0) is 13.5. The first-order chi connectivity index (χ1) is 8.54. The molecular weight excluding hydrogens is 224 g/mol. The fourth-order valence-electron chi connectivity index (χ4n) is 1.83. The summed E-state index contributed by atoms with van der Waals surface area (Å²) in [7, 11) is 1.73. The SMILES string of the molecule is COc1cc(COCCC(C)C)ccc1C(C)C. The van der Waals surface area contributed by atoms with Gasteiger partial charge in [-0.05, 0) is 35.4 Å². The maximum absolute atomic E-state index is 5.67. The van der Waals surface area contributed by atoms with Gasteiger partial charge in [0, 0.05) is 6.61 Å². The van der Waals surface area contributed by atoms with Crippen molar-refractivity contribution in [2.75, 3.05) is 13.7 Å². The molecule has 0 saturated carbocycles. The van der Waals surface area contributed by atoms with E-state index in [1.54, 1.807) is 7.11 Å². The van der Waals surface area contributed by atoms with Crippen LogP contribution in [0.25, 0.3) is 0 Å². The van der Waals surface area contributed by atoms with Crippen molar-refractivity contribution in [1.82, 2.24) is 0 Å². The highest BCUT2D eigenvalue weighted by atomic mass is 16.5. The van der Waals surface area contributed by atoms with Crippen LogP contribution in [0.3, 0.4) is 0 Å². The van der Waals surface area contributed by atoms with Crippen LogP contribution in [0.1, 0.15) is 51.2 Å². The number of methoxy groups -OCH3 is 1. The maximum atomic E-state index is 5.67. The Balaban J connectivity index is 2.57. The average Bonchev–Trinajstić information content (AvgIpc) is 2.33. The fraction of sp³-hybridized carbons (Fsp3) is 0.625. The number of hydrogen-bond acceptors (Lipinski definition) is 2. The minimum atomic E-state index is 0.482. The van der Waals surface area contributed by atoms with Crippen molar-refractivity contribution in [3.63, 3.8) is 0 Å². The van der Waals surface area contributed by atoms with Crippen LogP contribution in [0.5, 0.6) is 5.75 Å². The normalized spacial score (nSPS) is 11.3. The first-order valence-electron chi connectivity index (χ1n) is 6.79. The molecule has 0 N–H and O–H groups in total. The summed E-state index contributed by atoms with van der Waals surface area (Å²) in [5.74, 6) is 2.15. The highest BCUT2D eigenvalue weighted by Crippen LogP contribution is 2.27. The largest absolute Gasteiger partial charge is 0.496 e. The minimum Gasteiger partial charge on any atom is -0.496 e. The smallest absolute Gasteiger partial charge is 0.122 e. The van der Waals surface area contributed by atoms with Gasteiger partial charge in [0.2, 0.25) is 0 Å². The highest BCUT2D eigenvalue weighted by molar-refractivity contribution is 5.39. The third-order valence-corrected chi connectivity index (χ3v) is 3.03. The summed E-state index contributed by atoms with van der Waals surface area (Å²) in [6.45, 7) is 10.3. The lowest BCUT2D eigenvalue weighted by Crippen LogP contribution is -2.01. The predicted molar refractivity (Wildman–Crippen MR) is 76.2 cm³/mol. The van der Waals surface area contributed by atoms with Crippen LogP contribution in [0.4, 0.5) is 0 Å². The number of ether oxygens (including phenoxy) is 2. The van der Waals surface area contributed by atoms with E-state index >= 15 is 0 Å². The predicted octanol–water partition coefficient (Wildman–Crippen LogP) is 4.38. The Bertz CT molecular complexity index is 356. The topological polar surface area (TPSA) is 18.5 Å². The number of rotatable bonds is 7. The monoisotopic (exact) mass is 250 g/mol. The van der Waals surface area contributed by atoms with Crippen LogP contribution in [-0.4, -0.2) is 13.7 Å². The first-order valence-corrected chi connectivity index (χ1v) is 6.79. The van der Waals surface area contributed by atoms with E-state index in [1.165, 1.54) is 11.1 Å². The maximum Gasteiger partial charge on any atom is 0.122 e. The molecule has 0 saturated heterocycles. The lowest BCUT2D eigenvalue weighted by atomic mass is 10.0. The van der Waals surface area contributed by atoms with Gasteiger partial charge in [-0.1, -0.05) is 39.8 Å². The molecule has 0 atom stereocenters. The summed E-state index contributed by atoms with van der Waals surface area (Å²) in [6, 6.07) is 6.36. The number of benzene rings is 1. The molecule has 2 nitrogen and oxygen atoms in total. The van der Waals surface area contributed by atoms with Crippen LogP contribution >= 0.6 is 0 Å². The van der Waals surface area contributed by atoms with Crippen molar-refractivity contribution in [1.29, 1.82) is 0 Å². The Labute approximate surface area is 111 Å². The molecule has 1 aromatic carbocycles. The molecule has 0 aliphatic heterocycles. The molecule has 0 radical (unpaired) electrons. The quantitative estimate of drug-likeness (QED) is 0.668. The molecule has 0 heterocycles. The lowest BCUT2D eigenvalue weighted by molar-refractivity contribution is 0.110. The molecule has 1 aromatic rings. The molecule has 0 amide bonds. The Morgan fingerprint density at radius 3 is 2.39 bits per heavy atom. The highest BCUT2D eigenvalue weighted by Gasteiger charge is 2.08. The summed E-state index contributed by atoms with van der Waals surface area (Å²) < 4.78 is 11.1.